The first-order valence-electron chi connectivity index (χ1n) is 29.7. The number of halogens is 1. The molecule has 0 bridgehead atoms. The molecule has 4 N–H and O–H groups in total. The number of nitrogens with zero attached hydrogens (tertiary/aromatic N) is 6. The van der Waals surface area contributed by atoms with Gasteiger partial charge in [0.05, 0.1) is 45.9 Å². The fraction of sp³-hybridized carbons (Fsp3) is 0.323. The summed E-state index contributed by atoms with van der Waals surface area (Å²) in [5.41, 5.74) is 4.69. The van der Waals surface area contributed by atoms with E-state index in [0.29, 0.717) is 94.2 Å². The molecule has 7 heterocycles. The van der Waals surface area contributed by atoms with Crippen molar-refractivity contribution in [3.05, 3.63) is 165 Å². The zero-order valence-electron chi connectivity index (χ0n) is 48.8. The highest BCUT2D eigenvalue weighted by molar-refractivity contribution is 7.90. The molecule has 90 heavy (non-hydrogen) atoms. The maximum Gasteiger partial charge on any atom is 0.293 e. The first-order valence-corrected chi connectivity index (χ1v) is 31.5. The van der Waals surface area contributed by atoms with Gasteiger partial charge in [0, 0.05) is 130 Å². The molecule has 0 aliphatic carbocycles. The van der Waals surface area contributed by atoms with Crippen molar-refractivity contribution in [1.82, 2.24) is 34.7 Å². The number of nitrogens with one attached hydrogen (secondary N) is 4. The Bertz CT molecular complexity index is 4120. The number of likely N-dealkylation sites (tertiary alicyclic amines) is 1. The van der Waals surface area contributed by atoms with E-state index >= 15 is 0 Å². The minimum atomic E-state index is -4.63. The number of rotatable bonds is 21. The zero-order valence-corrected chi connectivity index (χ0v) is 50.4. The van der Waals surface area contributed by atoms with E-state index in [2.05, 4.69) is 57.9 Å². The predicted octanol–water partition coefficient (Wildman–Crippen LogP) is 7.64. The van der Waals surface area contributed by atoms with Gasteiger partial charge in [0.25, 0.3) is 33.4 Å². The summed E-state index contributed by atoms with van der Waals surface area (Å²) < 4.78 is 54.2. The summed E-state index contributed by atoms with van der Waals surface area (Å²) in [4.78, 5) is 91.4. The maximum absolute atomic E-state index is 14.1. The fourth-order valence-electron chi connectivity index (χ4n) is 11.9. The summed E-state index contributed by atoms with van der Waals surface area (Å²) in [5, 5.41) is 18.9. The van der Waals surface area contributed by atoms with Crippen LogP contribution in [0.5, 0.6) is 17.2 Å². The number of hydrogen-bond donors (Lipinski definition) is 4. The number of sulfonamides is 1. The quantitative estimate of drug-likeness (QED) is 0.0177. The van der Waals surface area contributed by atoms with Crippen molar-refractivity contribution in [3.8, 4) is 40.2 Å². The van der Waals surface area contributed by atoms with Gasteiger partial charge in [-0.1, -0.05) is 53.8 Å². The molecule has 12 rings (SSSR count). The highest BCUT2D eigenvalue weighted by Gasteiger charge is 2.45. The maximum atomic E-state index is 14.1. The molecule has 0 radical (unpaired) electrons. The Morgan fingerprint density at radius 2 is 1.64 bits per heavy atom. The lowest BCUT2D eigenvalue weighted by Gasteiger charge is -2.39. The van der Waals surface area contributed by atoms with E-state index in [1.54, 1.807) is 36.5 Å². The van der Waals surface area contributed by atoms with Gasteiger partial charge in [-0.15, -0.1) is 0 Å². The predicted molar refractivity (Wildman–Crippen MR) is 333 cm³/mol. The minimum absolute atomic E-state index is 0.0303. The molecule has 0 saturated carbocycles. The third-order valence-electron chi connectivity index (χ3n) is 16.8. The van der Waals surface area contributed by atoms with Crippen molar-refractivity contribution in [1.29, 1.82) is 0 Å². The number of aromatic nitrogens is 2. The number of ether oxygens (including phenoxy) is 4. The first-order chi connectivity index (χ1) is 43.6. The second-order valence-corrected chi connectivity index (χ2v) is 24.8. The van der Waals surface area contributed by atoms with Crippen LogP contribution in [0.2, 0.25) is 5.02 Å². The summed E-state index contributed by atoms with van der Waals surface area (Å²) in [6.45, 7) is 8.05. The van der Waals surface area contributed by atoms with Crippen LogP contribution in [0.1, 0.15) is 67.9 Å². The van der Waals surface area contributed by atoms with Crippen molar-refractivity contribution >= 4 is 79.3 Å². The molecule has 464 valence electrons. The second-order valence-electron chi connectivity index (χ2n) is 22.7. The highest BCUT2D eigenvalue weighted by Crippen LogP contribution is 2.37. The van der Waals surface area contributed by atoms with E-state index in [9.17, 15) is 42.5 Å². The SMILES string of the molecule is O=C1CCC(N2C(=O)c3cccc(C#CCOCCN4CC(COc5cccc(-c6ccc(Cl)cc6)c5CN5CCN(c6ccc(C(=O)NS(=O)(=O)c7ccc(NCC8CCOCC8)c([N+](=O)[O-])c7)c(Oc7cnc8[nH]ccc8c7)c6)CC5)C4)c3C2=O)C(=O)N1. The van der Waals surface area contributed by atoms with Crippen LogP contribution >= 0.6 is 11.6 Å². The number of amides is 5. The van der Waals surface area contributed by atoms with E-state index in [1.807, 2.05) is 42.5 Å². The Balaban J connectivity index is 0.670. The summed E-state index contributed by atoms with van der Waals surface area (Å²) in [6, 6.07) is 29.6. The van der Waals surface area contributed by atoms with Crippen LogP contribution in [-0.4, -0.2) is 159 Å². The standard InChI is InChI=1S/C65H63ClN10O13S/c66-46-11-9-43(10-12-46)50-6-2-8-57(88-40-42-37-73(38-42)27-31-86-28-3-5-44-4-1-7-52-60(44)65(81)75(64(52)80)55-17-18-59(77)70-63(55)79)53(50)39-72-23-25-74(26-24-72)47-13-15-51(58(33-47)89-48-32-45-19-22-67-61(45)69-36-48)62(78)71-90(84,85)49-14-16-54(56(34-49)76(82)83)68-35-41-20-29-87-30-21-41/h1-2,4,6-16,19,22,32-34,36,41-42,55,68H,17-18,20-21,23-31,35,37-40H2,(H,67,69)(H,71,78)(H,70,77,79). The van der Waals surface area contributed by atoms with E-state index < -0.39 is 61.1 Å². The van der Waals surface area contributed by atoms with Crippen LogP contribution in [0.4, 0.5) is 17.1 Å². The van der Waals surface area contributed by atoms with Crippen molar-refractivity contribution in [2.24, 2.45) is 11.8 Å². The van der Waals surface area contributed by atoms with Gasteiger partial charge in [-0.05, 0) is 103 Å². The molecule has 4 saturated heterocycles. The number of fused-ring (bicyclic) bond motifs is 2. The van der Waals surface area contributed by atoms with Crippen molar-refractivity contribution in [2.45, 2.75) is 43.2 Å². The molecule has 1 unspecified atom stereocenters. The van der Waals surface area contributed by atoms with E-state index in [-0.39, 0.29) is 59.4 Å². The van der Waals surface area contributed by atoms with Gasteiger partial charge < -0.3 is 39.0 Å². The number of piperazine rings is 1. The van der Waals surface area contributed by atoms with Crippen LogP contribution < -0.4 is 29.7 Å². The Morgan fingerprint density at radius 3 is 2.43 bits per heavy atom. The minimum Gasteiger partial charge on any atom is -0.493 e. The van der Waals surface area contributed by atoms with Crippen molar-refractivity contribution in [2.75, 3.05) is 95.6 Å². The van der Waals surface area contributed by atoms with Crippen LogP contribution in [-0.2, 0) is 35.6 Å². The summed E-state index contributed by atoms with van der Waals surface area (Å²) >= 11 is 6.35. The largest absolute Gasteiger partial charge is 0.493 e. The Morgan fingerprint density at radius 1 is 0.856 bits per heavy atom. The molecule has 0 spiro atoms. The molecule has 23 nitrogen and oxygen atoms in total. The zero-order chi connectivity index (χ0) is 62.5. The van der Waals surface area contributed by atoms with Gasteiger partial charge >= 0.3 is 0 Å². The number of pyridine rings is 1. The molecule has 25 heteroatoms. The van der Waals surface area contributed by atoms with Gasteiger partial charge in [-0.25, -0.2) is 18.1 Å². The summed E-state index contributed by atoms with van der Waals surface area (Å²) in [5.74, 6) is 4.27. The number of hydrogen-bond acceptors (Lipinski definition) is 18. The van der Waals surface area contributed by atoms with E-state index in [0.717, 1.165) is 70.4 Å². The Kier molecular flexibility index (Phi) is 18.2. The van der Waals surface area contributed by atoms with Gasteiger partial charge in [0.2, 0.25) is 11.8 Å². The molecule has 4 fully saturated rings. The van der Waals surface area contributed by atoms with Gasteiger partial charge in [-0.3, -0.25) is 49.2 Å². The first kappa shape index (κ1) is 61.0. The van der Waals surface area contributed by atoms with Gasteiger partial charge in [0.15, 0.2) is 0 Å². The molecule has 5 aliphatic rings. The lowest BCUT2D eigenvalue weighted by molar-refractivity contribution is -0.384. The average molecular weight is 1260 g/mol. The number of carbonyl (C=O) groups is 5. The average Bonchev–Trinajstić information content (AvgIpc) is 1.76. The third kappa shape index (κ3) is 13.7. The van der Waals surface area contributed by atoms with Crippen molar-refractivity contribution < 1.29 is 56.3 Å². The smallest absolute Gasteiger partial charge is 0.293 e. The molecule has 5 aromatic carbocycles. The van der Waals surface area contributed by atoms with Crippen LogP contribution in [0.15, 0.2) is 126 Å². The monoisotopic (exact) mass is 1260 g/mol. The van der Waals surface area contributed by atoms with Crippen molar-refractivity contribution in [3.63, 3.8) is 0 Å². The number of nitro groups is 1. The molecule has 2 aromatic heterocycles. The number of aromatic amines is 1. The summed E-state index contributed by atoms with van der Waals surface area (Å²) in [7, 11) is -4.63. The van der Waals surface area contributed by atoms with Gasteiger partial charge in [0.1, 0.15) is 41.2 Å². The number of piperidine rings is 1. The van der Waals surface area contributed by atoms with E-state index in [4.69, 9.17) is 30.5 Å². The van der Waals surface area contributed by atoms with Crippen LogP contribution in [0, 0.1) is 33.8 Å². The lowest BCUT2D eigenvalue weighted by Crippen LogP contribution is -2.54. The van der Waals surface area contributed by atoms with Crippen LogP contribution in [0.25, 0.3) is 22.2 Å². The fourth-order valence-corrected chi connectivity index (χ4v) is 13.0. The Hall–Kier alpha value is -9.22. The lowest BCUT2D eigenvalue weighted by atomic mass is 9.97. The topological polar surface area (TPSA) is 277 Å². The third-order valence-corrected chi connectivity index (χ3v) is 18.4. The van der Waals surface area contributed by atoms with Gasteiger partial charge in [-0.2, -0.15) is 0 Å². The van der Waals surface area contributed by atoms with Crippen LogP contribution in [0.3, 0.4) is 0 Å². The molecule has 5 amide bonds. The normalized spacial score (nSPS) is 17.5. The second kappa shape index (κ2) is 26.9. The number of anilines is 2. The number of benzene rings is 5. The number of carbonyl (C=O) groups excluding carboxylic acids is 5. The summed E-state index contributed by atoms with van der Waals surface area (Å²) in [6.07, 6.45) is 4.92. The number of H-pyrrole nitrogens is 1. The molecular formula is C65H63ClN10O13S. The van der Waals surface area contributed by atoms with E-state index in [1.165, 1.54) is 30.5 Å². The molecule has 1 atom stereocenters. The molecule has 7 aromatic rings. The Labute approximate surface area is 523 Å². The number of imide groups is 2. The highest BCUT2D eigenvalue weighted by atomic mass is 35.5. The molecule has 5 aliphatic heterocycles. The number of nitro benzene ring substituents is 1. The molecular weight excluding hydrogens is 1200 g/mol.